The second-order valence-corrected chi connectivity index (χ2v) is 5.08. The van der Waals surface area contributed by atoms with Gasteiger partial charge >= 0.3 is 0 Å². The van der Waals surface area contributed by atoms with E-state index < -0.39 is 0 Å². The molecule has 0 unspecified atom stereocenters. The Labute approximate surface area is 123 Å². The first-order valence-corrected chi connectivity index (χ1v) is 7.04. The van der Waals surface area contributed by atoms with Gasteiger partial charge in [0, 0.05) is 18.7 Å². The number of aromatic nitrogens is 5. The summed E-state index contributed by atoms with van der Waals surface area (Å²) in [5, 5.41) is 6.99. The maximum absolute atomic E-state index is 12.3. The van der Waals surface area contributed by atoms with Crippen LogP contribution < -0.4 is 5.32 Å². The lowest BCUT2D eigenvalue weighted by Gasteiger charge is -2.14. The highest BCUT2D eigenvalue weighted by molar-refractivity contribution is 5.92. The van der Waals surface area contributed by atoms with Crippen molar-refractivity contribution < 1.29 is 4.79 Å². The summed E-state index contributed by atoms with van der Waals surface area (Å²) >= 11 is 0. The Morgan fingerprint density at radius 2 is 2.10 bits per heavy atom. The van der Waals surface area contributed by atoms with Crippen molar-refractivity contribution in [2.24, 2.45) is 0 Å². The molecular formula is C14H20N6O. The van der Waals surface area contributed by atoms with Crippen LogP contribution in [0.5, 0.6) is 0 Å². The highest BCUT2D eigenvalue weighted by Gasteiger charge is 2.17. The molecular weight excluding hydrogens is 268 g/mol. The number of rotatable bonds is 5. The predicted molar refractivity (Wildman–Crippen MR) is 77.7 cm³/mol. The van der Waals surface area contributed by atoms with Gasteiger partial charge in [0.15, 0.2) is 0 Å². The van der Waals surface area contributed by atoms with Gasteiger partial charge in [-0.1, -0.05) is 13.8 Å². The first-order valence-electron chi connectivity index (χ1n) is 7.04. The molecule has 2 rings (SSSR count). The van der Waals surface area contributed by atoms with E-state index in [2.05, 4.69) is 25.4 Å². The van der Waals surface area contributed by atoms with Crippen LogP contribution >= 0.6 is 0 Å². The van der Waals surface area contributed by atoms with Crippen molar-refractivity contribution in [3.8, 4) is 0 Å². The zero-order chi connectivity index (χ0) is 15.4. The number of carbonyl (C=O) groups excluding carboxylic acids is 1. The lowest BCUT2D eigenvalue weighted by Crippen LogP contribution is -2.29. The van der Waals surface area contributed by atoms with E-state index in [1.807, 2.05) is 27.7 Å². The third-order valence-corrected chi connectivity index (χ3v) is 3.10. The molecule has 0 aromatic carbocycles. The van der Waals surface area contributed by atoms with E-state index in [1.54, 1.807) is 16.9 Å². The Kier molecular flexibility index (Phi) is 4.62. The summed E-state index contributed by atoms with van der Waals surface area (Å²) in [4.78, 5) is 24.9. The van der Waals surface area contributed by atoms with Crippen molar-refractivity contribution in [3.63, 3.8) is 0 Å². The van der Waals surface area contributed by atoms with Crippen molar-refractivity contribution in [2.75, 3.05) is 0 Å². The van der Waals surface area contributed by atoms with Gasteiger partial charge in [0.05, 0.1) is 6.04 Å². The summed E-state index contributed by atoms with van der Waals surface area (Å²) in [6, 6.07) is 1.37. The summed E-state index contributed by atoms with van der Waals surface area (Å²) in [5.74, 6) is 1.33. The largest absolute Gasteiger partial charge is 0.341 e. The minimum absolute atomic E-state index is 0.179. The quantitative estimate of drug-likeness (QED) is 0.905. The van der Waals surface area contributed by atoms with Crippen molar-refractivity contribution in [2.45, 2.75) is 46.2 Å². The van der Waals surface area contributed by atoms with Gasteiger partial charge in [0.1, 0.15) is 23.7 Å². The Morgan fingerprint density at radius 1 is 1.33 bits per heavy atom. The summed E-state index contributed by atoms with van der Waals surface area (Å²) < 4.78 is 1.75. The molecule has 0 bridgehead atoms. The normalized spacial score (nSPS) is 12.4. The standard InChI is InChI=1S/C14H20N6O/c1-5-20-13(16-8-17-20)10(4)18-14(21)11-6-7-15-12(19-11)9(2)3/h6-10H,5H2,1-4H3,(H,18,21)/t10-/m0/s1. The third-order valence-electron chi connectivity index (χ3n) is 3.10. The number of nitrogens with one attached hydrogen (secondary N) is 1. The number of hydrogen-bond acceptors (Lipinski definition) is 5. The summed E-state index contributed by atoms with van der Waals surface area (Å²) in [6.45, 7) is 8.54. The molecule has 7 heteroatoms. The van der Waals surface area contributed by atoms with E-state index >= 15 is 0 Å². The highest BCUT2D eigenvalue weighted by atomic mass is 16.1. The maximum Gasteiger partial charge on any atom is 0.270 e. The number of hydrogen-bond donors (Lipinski definition) is 1. The minimum Gasteiger partial charge on any atom is -0.341 e. The Balaban J connectivity index is 2.12. The molecule has 0 spiro atoms. The van der Waals surface area contributed by atoms with Gasteiger partial charge in [-0.15, -0.1) is 0 Å². The molecule has 0 saturated heterocycles. The lowest BCUT2D eigenvalue weighted by molar-refractivity contribution is 0.0932. The van der Waals surface area contributed by atoms with Crippen LogP contribution in [-0.2, 0) is 6.54 Å². The fourth-order valence-electron chi connectivity index (χ4n) is 1.97. The average Bonchev–Trinajstić information content (AvgIpc) is 2.95. The number of aryl methyl sites for hydroxylation is 1. The SMILES string of the molecule is CCn1ncnc1[C@H](C)NC(=O)c1ccnc(C(C)C)n1. The average molecular weight is 288 g/mol. The van der Waals surface area contributed by atoms with E-state index in [4.69, 9.17) is 0 Å². The molecule has 112 valence electrons. The van der Waals surface area contributed by atoms with E-state index in [-0.39, 0.29) is 17.9 Å². The topological polar surface area (TPSA) is 85.6 Å². The zero-order valence-electron chi connectivity index (χ0n) is 12.7. The molecule has 1 N–H and O–H groups in total. The van der Waals surface area contributed by atoms with Crippen LogP contribution in [0.2, 0.25) is 0 Å². The molecule has 1 atom stereocenters. The molecule has 0 aliphatic heterocycles. The number of nitrogens with zero attached hydrogens (tertiary/aromatic N) is 5. The van der Waals surface area contributed by atoms with E-state index in [0.29, 0.717) is 18.1 Å². The summed E-state index contributed by atoms with van der Waals surface area (Å²) in [5.41, 5.74) is 0.364. The molecule has 0 saturated carbocycles. The van der Waals surface area contributed by atoms with Gasteiger partial charge in [-0.25, -0.2) is 19.6 Å². The summed E-state index contributed by atoms with van der Waals surface area (Å²) in [6.07, 6.45) is 3.10. The molecule has 0 fully saturated rings. The first-order chi connectivity index (χ1) is 10.0. The second kappa shape index (κ2) is 6.43. The van der Waals surface area contributed by atoms with Gasteiger partial charge < -0.3 is 5.32 Å². The van der Waals surface area contributed by atoms with Crippen molar-refractivity contribution in [1.29, 1.82) is 0 Å². The highest BCUT2D eigenvalue weighted by Crippen LogP contribution is 2.11. The Hall–Kier alpha value is -2.31. The second-order valence-electron chi connectivity index (χ2n) is 5.08. The van der Waals surface area contributed by atoms with Crippen LogP contribution in [0.1, 0.15) is 61.8 Å². The zero-order valence-corrected chi connectivity index (χ0v) is 12.7. The molecule has 2 aromatic rings. The first kappa shape index (κ1) is 15.1. The van der Waals surface area contributed by atoms with E-state index in [1.165, 1.54) is 6.33 Å². The molecule has 1 amide bonds. The van der Waals surface area contributed by atoms with Crippen LogP contribution in [0.4, 0.5) is 0 Å². The number of amides is 1. The van der Waals surface area contributed by atoms with Gasteiger partial charge in [-0.3, -0.25) is 4.79 Å². The van der Waals surface area contributed by atoms with Crippen molar-refractivity contribution in [1.82, 2.24) is 30.0 Å². The molecule has 21 heavy (non-hydrogen) atoms. The summed E-state index contributed by atoms with van der Waals surface area (Å²) in [7, 11) is 0. The maximum atomic E-state index is 12.3. The van der Waals surface area contributed by atoms with Crippen molar-refractivity contribution in [3.05, 3.63) is 35.9 Å². The van der Waals surface area contributed by atoms with Gasteiger partial charge in [0.2, 0.25) is 0 Å². The van der Waals surface area contributed by atoms with E-state index in [9.17, 15) is 4.79 Å². The predicted octanol–water partition coefficient (Wildman–Crippen LogP) is 1.70. The van der Waals surface area contributed by atoms with Gasteiger partial charge in [0.25, 0.3) is 5.91 Å². The molecule has 0 aliphatic rings. The monoisotopic (exact) mass is 288 g/mol. The molecule has 7 nitrogen and oxygen atoms in total. The van der Waals surface area contributed by atoms with Gasteiger partial charge in [-0.05, 0) is 19.9 Å². The molecule has 2 heterocycles. The van der Waals surface area contributed by atoms with Crippen LogP contribution in [0, 0.1) is 0 Å². The molecule has 0 aliphatic carbocycles. The fraction of sp³-hybridized carbons (Fsp3) is 0.500. The molecule has 0 radical (unpaired) electrons. The Morgan fingerprint density at radius 3 is 2.76 bits per heavy atom. The fourth-order valence-corrected chi connectivity index (χ4v) is 1.97. The smallest absolute Gasteiger partial charge is 0.270 e. The van der Waals surface area contributed by atoms with Crippen LogP contribution in [0.3, 0.4) is 0 Å². The third kappa shape index (κ3) is 3.42. The van der Waals surface area contributed by atoms with Gasteiger partial charge in [-0.2, -0.15) is 5.10 Å². The molecule has 2 aromatic heterocycles. The minimum atomic E-state index is -0.239. The van der Waals surface area contributed by atoms with Crippen molar-refractivity contribution >= 4 is 5.91 Å². The van der Waals surface area contributed by atoms with Crippen LogP contribution in [-0.4, -0.2) is 30.6 Å². The lowest BCUT2D eigenvalue weighted by atomic mass is 10.2. The van der Waals surface area contributed by atoms with E-state index in [0.717, 1.165) is 5.82 Å². The number of carbonyl (C=O) groups is 1. The van der Waals surface area contributed by atoms with Crippen LogP contribution in [0.15, 0.2) is 18.6 Å². The Bertz CT molecular complexity index is 621. The van der Waals surface area contributed by atoms with Crippen LogP contribution in [0.25, 0.3) is 0 Å².